The van der Waals surface area contributed by atoms with Crippen molar-refractivity contribution < 1.29 is 9.90 Å². The fourth-order valence-corrected chi connectivity index (χ4v) is 2.53. The highest BCUT2D eigenvalue weighted by atomic mass is 16.4. The molecular formula is C17H16N2O2. The molecule has 1 aromatic carbocycles. The van der Waals surface area contributed by atoms with Crippen LogP contribution in [0.25, 0.3) is 5.65 Å². The van der Waals surface area contributed by atoms with Gasteiger partial charge in [-0.1, -0.05) is 35.9 Å². The fraction of sp³-hybridized carbons (Fsp3) is 0.176. The molecule has 0 saturated heterocycles. The molecule has 0 fully saturated rings. The van der Waals surface area contributed by atoms with Crippen LogP contribution in [0.3, 0.4) is 0 Å². The number of aromatic nitrogens is 2. The second-order valence-corrected chi connectivity index (χ2v) is 5.19. The molecule has 0 aliphatic rings. The summed E-state index contributed by atoms with van der Waals surface area (Å²) in [5.74, 6) is -1.41. The van der Waals surface area contributed by atoms with Crippen molar-refractivity contribution in [2.45, 2.75) is 19.3 Å². The number of pyridine rings is 1. The first-order valence-electron chi connectivity index (χ1n) is 6.85. The van der Waals surface area contributed by atoms with E-state index in [1.165, 1.54) is 5.56 Å². The molecule has 0 saturated carbocycles. The predicted molar refractivity (Wildman–Crippen MR) is 80.5 cm³/mol. The maximum absolute atomic E-state index is 11.7. The van der Waals surface area contributed by atoms with Crippen LogP contribution in [0, 0.1) is 6.92 Å². The molecule has 1 unspecified atom stereocenters. The van der Waals surface area contributed by atoms with Gasteiger partial charge in [0.15, 0.2) is 0 Å². The number of carboxylic acids is 1. The normalized spacial score (nSPS) is 12.4. The van der Waals surface area contributed by atoms with Gasteiger partial charge in [0.25, 0.3) is 0 Å². The van der Waals surface area contributed by atoms with Gasteiger partial charge in [-0.05, 0) is 31.0 Å². The number of fused-ring (bicyclic) bond motifs is 1. The van der Waals surface area contributed by atoms with Crippen LogP contribution in [0.2, 0.25) is 0 Å². The molecule has 3 rings (SSSR count). The molecule has 0 bridgehead atoms. The smallest absolute Gasteiger partial charge is 0.312 e. The molecule has 4 nitrogen and oxygen atoms in total. The Morgan fingerprint density at radius 2 is 2.00 bits per heavy atom. The van der Waals surface area contributed by atoms with Crippen molar-refractivity contribution in [3.63, 3.8) is 0 Å². The summed E-state index contributed by atoms with van der Waals surface area (Å²) in [7, 11) is 0. The number of carboxylic acid groups (broad SMARTS) is 1. The van der Waals surface area contributed by atoms with Crippen molar-refractivity contribution >= 4 is 11.6 Å². The van der Waals surface area contributed by atoms with Gasteiger partial charge in [-0.3, -0.25) is 4.79 Å². The summed E-state index contributed by atoms with van der Waals surface area (Å²) in [5, 5.41) is 9.61. The zero-order chi connectivity index (χ0) is 14.8. The zero-order valence-electron chi connectivity index (χ0n) is 11.7. The number of hydrogen-bond donors (Lipinski definition) is 1. The fourth-order valence-electron chi connectivity index (χ4n) is 2.53. The Morgan fingerprint density at radius 1 is 1.24 bits per heavy atom. The maximum Gasteiger partial charge on any atom is 0.312 e. The van der Waals surface area contributed by atoms with Gasteiger partial charge in [0.2, 0.25) is 0 Å². The highest BCUT2D eigenvalue weighted by Gasteiger charge is 2.22. The first kappa shape index (κ1) is 13.4. The van der Waals surface area contributed by atoms with E-state index in [4.69, 9.17) is 0 Å². The SMILES string of the molecule is Cc1ccc(CC(C(=O)O)c2cccc3nccn23)cc1. The molecule has 0 aliphatic heterocycles. The lowest BCUT2D eigenvalue weighted by atomic mass is 9.95. The molecule has 21 heavy (non-hydrogen) atoms. The number of aliphatic carboxylic acids is 1. The lowest BCUT2D eigenvalue weighted by molar-refractivity contribution is -0.138. The van der Waals surface area contributed by atoms with E-state index in [0.717, 1.165) is 16.9 Å². The Hall–Kier alpha value is -2.62. The van der Waals surface area contributed by atoms with Crippen molar-refractivity contribution in [1.29, 1.82) is 0 Å². The first-order chi connectivity index (χ1) is 10.1. The molecule has 0 amide bonds. The van der Waals surface area contributed by atoms with Crippen LogP contribution >= 0.6 is 0 Å². The van der Waals surface area contributed by atoms with Crippen LogP contribution in [0.4, 0.5) is 0 Å². The highest BCUT2D eigenvalue weighted by molar-refractivity contribution is 5.76. The van der Waals surface area contributed by atoms with E-state index in [-0.39, 0.29) is 0 Å². The molecule has 0 radical (unpaired) electrons. The van der Waals surface area contributed by atoms with Gasteiger partial charge in [-0.2, -0.15) is 0 Å². The second-order valence-electron chi connectivity index (χ2n) is 5.19. The zero-order valence-corrected chi connectivity index (χ0v) is 11.7. The molecule has 1 atom stereocenters. The van der Waals surface area contributed by atoms with E-state index < -0.39 is 11.9 Å². The Bertz CT molecular complexity index is 775. The number of rotatable bonds is 4. The van der Waals surface area contributed by atoms with Crippen molar-refractivity contribution in [3.05, 3.63) is 71.7 Å². The minimum Gasteiger partial charge on any atom is -0.481 e. The summed E-state index contributed by atoms with van der Waals surface area (Å²) in [6.07, 6.45) is 3.95. The largest absolute Gasteiger partial charge is 0.481 e. The molecule has 2 heterocycles. The van der Waals surface area contributed by atoms with Gasteiger partial charge in [0.1, 0.15) is 11.6 Å². The Balaban J connectivity index is 2.00. The summed E-state index contributed by atoms with van der Waals surface area (Å²) in [5.41, 5.74) is 3.70. The van der Waals surface area contributed by atoms with Crippen LogP contribution in [-0.2, 0) is 11.2 Å². The summed E-state index contributed by atoms with van der Waals surface area (Å²) in [6, 6.07) is 13.6. The third-order valence-electron chi connectivity index (χ3n) is 3.68. The van der Waals surface area contributed by atoms with Gasteiger partial charge >= 0.3 is 5.97 Å². The molecule has 3 aromatic rings. The van der Waals surface area contributed by atoms with E-state index in [2.05, 4.69) is 4.98 Å². The molecule has 106 valence electrons. The number of carbonyl (C=O) groups is 1. The molecular weight excluding hydrogens is 264 g/mol. The minimum absolute atomic E-state index is 0.465. The van der Waals surface area contributed by atoms with E-state index in [1.54, 1.807) is 12.4 Å². The summed E-state index contributed by atoms with van der Waals surface area (Å²) in [4.78, 5) is 15.9. The van der Waals surface area contributed by atoms with Crippen molar-refractivity contribution in [3.8, 4) is 0 Å². The van der Waals surface area contributed by atoms with Crippen LogP contribution in [0.15, 0.2) is 54.9 Å². The maximum atomic E-state index is 11.7. The Kier molecular flexibility index (Phi) is 3.44. The Morgan fingerprint density at radius 3 is 2.71 bits per heavy atom. The third-order valence-corrected chi connectivity index (χ3v) is 3.68. The van der Waals surface area contributed by atoms with E-state index >= 15 is 0 Å². The van der Waals surface area contributed by atoms with Crippen LogP contribution in [-0.4, -0.2) is 20.5 Å². The first-order valence-corrected chi connectivity index (χ1v) is 6.85. The lowest BCUT2D eigenvalue weighted by Crippen LogP contribution is -2.17. The van der Waals surface area contributed by atoms with Crippen LogP contribution in [0.5, 0.6) is 0 Å². The van der Waals surface area contributed by atoms with E-state index in [1.807, 2.05) is 53.8 Å². The summed E-state index contributed by atoms with van der Waals surface area (Å²) in [6.45, 7) is 2.02. The van der Waals surface area contributed by atoms with Gasteiger partial charge in [0, 0.05) is 18.1 Å². The lowest BCUT2D eigenvalue weighted by Gasteiger charge is -2.15. The number of benzene rings is 1. The second kappa shape index (κ2) is 5.40. The molecule has 1 N–H and O–H groups in total. The van der Waals surface area contributed by atoms with Gasteiger partial charge < -0.3 is 9.51 Å². The number of hydrogen-bond acceptors (Lipinski definition) is 2. The third kappa shape index (κ3) is 2.65. The minimum atomic E-state index is -0.822. The molecule has 0 aliphatic carbocycles. The summed E-state index contributed by atoms with van der Waals surface area (Å²) < 4.78 is 1.84. The van der Waals surface area contributed by atoms with Crippen molar-refractivity contribution in [2.24, 2.45) is 0 Å². The number of nitrogens with zero attached hydrogens (tertiary/aromatic N) is 2. The Labute approximate surface area is 122 Å². The highest BCUT2D eigenvalue weighted by Crippen LogP contribution is 2.22. The van der Waals surface area contributed by atoms with Crippen LogP contribution in [0.1, 0.15) is 22.7 Å². The number of aryl methyl sites for hydroxylation is 1. The molecule has 2 aromatic heterocycles. The van der Waals surface area contributed by atoms with Gasteiger partial charge in [0.05, 0.1) is 0 Å². The van der Waals surface area contributed by atoms with Crippen molar-refractivity contribution in [1.82, 2.24) is 9.38 Å². The number of imidazole rings is 1. The topological polar surface area (TPSA) is 54.6 Å². The average molecular weight is 280 g/mol. The van der Waals surface area contributed by atoms with E-state index in [9.17, 15) is 9.90 Å². The molecule has 0 spiro atoms. The van der Waals surface area contributed by atoms with Crippen molar-refractivity contribution in [2.75, 3.05) is 0 Å². The van der Waals surface area contributed by atoms with Gasteiger partial charge in [-0.15, -0.1) is 0 Å². The standard InChI is InChI=1S/C17H16N2O2/c1-12-5-7-13(8-6-12)11-14(17(20)21)15-3-2-4-16-18-9-10-19(15)16/h2-10,14H,11H2,1H3,(H,20,21). The summed E-state index contributed by atoms with van der Waals surface area (Å²) >= 11 is 0. The quantitative estimate of drug-likeness (QED) is 0.799. The average Bonchev–Trinajstić information content (AvgIpc) is 2.95. The molecule has 4 heteroatoms. The predicted octanol–water partition coefficient (Wildman–Crippen LogP) is 3.05. The van der Waals surface area contributed by atoms with Gasteiger partial charge in [-0.25, -0.2) is 4.98 Å². The van der Waals surface area contributed by atoms with Crippen LogP contribution < -0.4 is 0 Å². The monoisotopic (exact) mass is 280 g/mol. The van der Waals surface area contributed by atoms with E-state index in [0.29, 0.717) is 6.42 Å².